The van der Waals surface area contributed by atoms with Crippen molar-refractivity contribution >= 4 is 91.4 Å². The van der Waals surface area contributed by atoms with Gasteiger partial charge in [-0.05, 0) is 83.9 Å². The molecule has 14 nitrogen and oxygen atoms in total. The summed E-state index contributed by atoms with van der Waals surface area (Å²) in [7, 11) is -1.73. The molecule has 4 aromatic carbocycles. The van der Waals surface area contributed by atoms with Crippen molar-refractivity contribution in [1.82, 2.24) is 29.9 Å². The van der Waals surface area contributed by atoms with E-state index in [-0.39, 0.29) is 27.3 Å². The zero-order chi connectivity index (χ0) is 62.4. The molecule has 0 unspecified atom stereocenters. The maximum atomic E-state index is 15.4. The van der Waals surface area contributed by atoms with E-state index in [4.69, 9.17) is 19.5 Å². The maximum absolute atomic E-state index is 15.4. The number of nitrogens with one attached hydrogen (secondary N) is 2. The van der Waals surface area contributed by atoms with E-state index in [1.165, 1.54) is 18.2 Å². The summed E-state index contributed by atoms with van der Waals surface area (Å²) in [6.07, 6.45) is -2.26. The number of morpholine rings is 2. The molecule has 2 fully saturated rings. The second kappa shape index (κ2) is 26.8. The van der Waals surface area contributed by atoms with Crippen LogP contribution >= 0.6 is 22.6 Å². The van der Waals surface area contributed by atoms with E-state index < -0.39 is 53.9 Å². The summed E-state index contributed by atoms with van der Waals surface area (Å²) in [6.45, 7) is 8.64. The second-order valence-corrected chi connectivity index (χ2v) is 21.2. The minimum absolute atomic E-state index is 0.0352. The lowest BCUT2D eigenvalue weighted by molar-refractivity contribution is -0.138. The lowest BCUT2D eigenvalue weighted by Crippen LogP contribution is -2.36. The van der Waals surface area contributed by atoms with Gasteiger partial charge >= 0.3 is 19.5 Å². The Bertz CT molecular complexity index is 4110. The summed E-state index contributed by atoms with van der Waals surface area (Å²) >= 11 is 2.19. The number of hydrogen-bond acceptors (Lipinski definition) is 14. The van der Waals surface area contributed by atoms with E-state index in [1.54, 1.807) is 56.0 Å². The van der Waals surface area contributed by atoms with Crippen molar-refractivity contribution in [2.45, 2.75) is 26.2 Å². The summed E-state index contributed by atoms with van der Waals surface area (Å²) in [4.78, 5) is 31.2. The number of pyridine rings is 6. The van der Waals surface area contributed by atoms with Crippen LogP contribution in [0.3, 0.4) is 0 Å². The Balaban J connectivity index is 0.000000165. The van der Waals surface area contributed by atoms with Crippen molar-refractivity contribution < 1.29 is 63.4 Å². The molecule has 0 bridgehead atoms. The monoisotopic (exact) mass is 1330 g/mol. The smallest absolute Gasteiger partial charge is 0.423 e. The van der Waals surface area contributed by atoms with Crippen molar-refractivity contribution in [3.63, 3.8) is 0 Å². The minimum Gasteiger partial charge on any atom is -0.423 e. The average molecular weight is 1330 g/mol. The molecule has 8 heterocycles. The van der Waals surface area contributed by atoms with Crippen LogP contribution in [0.1, 0.15) is 22.3 Å². The highest BCUT2D eigenvalue weighted by Crippen LogP contribution is 2.42. The Morgan fingerprint density at radius 1 is 0.534 bits per heavy atom. The van der Waals surface area contributed by atoms with Crippen LogP contribution in [0.15, 0.2) is 146 Å². The first-order valence-corrected chi connectivity index (χ1v) is 28.2. The van der Waals surface area contributed by atoms with Gasteiger partial charge in [0.05, 0.1) is 108 Å². The van der Waals surface area contributed by atoms with Crippen molar-refractivity contribution in [1.29, 1.82) is 0 Å². The Morgan fingerprint density at radius 3 is 1.40 bits per heavy atom. The molecule has 0 radical (unpaired) electrons. The van der Waals surface area contributed by atoms with Crippen LogP contribution in [0.4, 0.5) is 78.3 Å². The molecule has 4 N–H and O–H groups in total. The van der Waals surface area contributed by atoms with E-state index in [2.05, 4.69) is 68.0 Å². The van der Waals surface area contributed by atoms with Gasteiger partial charge in [0.1, 0.15) is 34.9 Å². The van der Waals surface area contributed by atoms with E-state index in [0.29, 0.717) is 107 Å². The van der Waals surface area contributed by atoms with Gasteiger partial charge in [0.2, 0.25) is 0 Å². The van der Waals surface area contributed by atoms with Crippen molar-refractivity contribution in [2.75, 3.05) is 73.0 Å². The van der Waals surface area contributed by atoms with Gasteiger partial charge in [0, 0.05) is 104 Å². The predicted octanol–water partition coefficient (Wildman–Crippen LogP) is 13.4. The highest BCUT2D eigenvalue weighted by molar-refractivity contribution is 14.1. The SMILES string of the molecule is Cc1c(-c2ccccn2)nc2cc(F)cc(F)c2c1Nc1cc(N2CCOCC2)ncc1-c1ccc(C(F)(F)F)cc1.Cc1c(-c2ccccn2)nc2cc(F)cc(F)c2c1Nc1cc(N2CCOCC2)ncc1I.OB(O)c1ccc(C(F)(F)F)cc1. The molecule has 12 rings (SSSR count). The summed E-state index contributed by atoms with van der Waals surface area (Å²) < 4.78 is 146. The molecule has 0 spiro atoms. The highest BCUT2D eigenvalue weighted by Gasteiger charge is 2.32. The van der Waals surface area contributed by atoms with E-state index in [9.17, 15) is 35.1 Å². The molecular weight excluding hydrogens is 1280 g/mol. The Morgan fingerprint density at radius 2 is 0.966 bits per heavy atom. The third-order valence-corrected chi connectivity index (χ3v) is 15.1. The maximum Gasteiger partial charge on any atom is 0.488 e. The van der Waals surface area contributed by atoms with Crippen LogP contribution in [-0.2, 0) is 21.8 Å². The van der Waals surface area contributed by atoms with E-state index in [0.717, 1.165) is 82.8 Å². The first kappa shape index (κ1) is 62.5. The molecule has 0 amide bonds. The zero-order valence-electron chi connectivity index (χ0n) is 46.5. The summed E-state index contributed by atoms with van der Waals surface area (Å²) in [5, 5.41) is 24.2. The van der Waals surface area contributed by atoms with E-state index >= 15 is 8.78 Å². The quantitative estimate of drug-likeness (QED) is 0.0580. The molecule has 0 saturated carbocycles. The predicted molar refractivity (Wildman–Crippen MR) is 325 cm³/mol. The lowest BCUT2D eigenvalue weighted by Gasteiger charge is -2.28. The molecule has 10 aromatic rings. The molecule has 0 atom stereocenters. The number of rotatable bonds is 10. The Hall–Kier alpha value is -8.57. The molecule has 2 aliphatic rings. The Kier molecular flexibility index (Phi) is 19.0. The highest BCUT2D eigenvalue weighted by atomic mass is 127. The molecule has 88 heavy (non-hydrogen) atoms. The number of hydrogen-bond donors (Lipinski definition) is 4. The lowest BCUT2D eigenvalue weighted by atomic mass is 9.80. The van der Waals surface area contributed by atoms with Crippen molar-refractivity contribution in [3.05, 3.63) is 195 Å². The van der Waals surface area contributed by atoms with Gasteiger partial charge < -0.3 is 40.0 Å². The average Bonchev–Trinajstić information content (AvgIpc) is 1.02. The van der Waals surface area contributed by atoms with Crippen LogP contribution in [-0.4, -0.2) is 99.7 Å². The van der Waals surface area contributed by atoms with Crippen LogP contribution in [0.5, 0.6) is 0 Å². The fraction of sp³-hybridized carbons (Fsp3) is 0.194. The summed E-state index contributed by atoms with van der Waals surface area (Å²) in [6, 6.07) is 26.9. The molecule has 0 aliphatic carbocycles. The fourth-order valence-electron chi connectivity index (χ4n) is 9.81. The second-order valence-electron chi connectivity index (χ2n) is 20.0. The minimum atomic E-state index is -4.49. The largest absolute Gasteiger partial charge is 0.488 e. The molecule has 2 saturated heterocycles. The van der Waals surface area contributed by atoms with Gasteiger partial charge in [-0.2, -0.15) is 26.3 Å². The topological polar surface area (TPSA) is 167 Å². The normalized spacial score (nSPS) is 13.6. The van der Waals surface area contributed by atoms with Crippen LogP contribution < -0.4 is 25.9 Å². The molecular formula is C62H50BF10IN10O4. The van der Waals surface area contributed by atoms with Crippen LogP contribution in [0.2, 0.25) is 0 Å². The molecule has 6 aromatic heterocycles. The van der Waals surface area contributed by atoms with E-state index in [1.807, 2.05) is 36.1 Å². The summed E-state index contributed by atoms with van der Waals surface area (Å²) in [5.74, 6) is -1.51. The fourth-order valence-corrected chi connectivity index (χ4v) is 10.2. The first-order chi connectivity index (χ1) is 42.1. The van der Waals surface area contributed by atoms with Gasteiger partial charge in [-0.25, -0.2) is 37.5 Å². The zero-order valence-corrected chi connectivity index (χ0v) is 48.7. The van der Waals surface area contributed by atoms with Gasteiger partial charge in [0.15, 0.2) is 0 Å². The number of halogens is 11. The third kappa shape index (κ3) is 14.4. The first-order valence-electron chi connectivity index (χ1n) is 27.1. The van der Waals surface area contributed by atoms with Crippen molar-refractivity contribution in [3.8, 4) is 33.9 Å². The van der Waals surface area contributed by atoms with Gasteiger partial charge in [-0.15, -0.1) is 0 Å². The molecule has 452 valence electrons. The molecule has 26 heteroatoms. The number of nitrogens with zero attached hydrogens (tertiary/aromatic N) is 8. The van der Waals surface area contributed by atoms with Crippen molar-refractivity contribution in [2.24, 2.45) is 0 Å². The van der Waals surface area contributed by atoms with Crippen LogP contribution in [0, 0.1) is 40.7 Å². The number of alkyl halides is 6. The Labute approximate surface area is 510 Å². The third-order valence-electron chi connectivity index (χ3n) is 14.3. The number of benzene rings is 4. The number of ether oxygens (including phenoxy) is 2. The standard InChI is InChI=1S/C31H24F5N5O.C24H20F2IN5O.C7H6BF3O2/c1-18-29(24-4-2-3-9-37-24)40-26-15-21(32)14-23(33)28(26)30(18)39-25-16-27(41-10-12-42-13-11-41)38-17-22(25)19-5-7-20(8-6-19)31(34,35)36;1-14-23(18-4-2-3-5-28-18)31-20-11-15(25)10-16(26)22(20)24(14)30-19-12-21(29-13-17(19)27)32-6-8-33-9-7-32;9-7(10,11)5-1-3-6(4-2-5)8(12)13/h2-9,14-17H,10-13H2,1H3,(H,38,39,40);2-5,10-13H,6-9H2,1H3,(H,29,30,31);1-4,12-13H. The number of aromatic nitrogens is 6. The van der Waals surface area contributed by atoms with Crippen LogP contribution in [0.25, 0.3) is 55.7 Å². The van der Waals surface area contributed by atoms with Gasteiger partial charge in [0.25, 0.3) is 0 Å². The summed E-state index contributed by atoms with van der Waals surface area (Å²) in [5.41, 5.74) is 5.20. The number of fused-ring (bicyclic) bond motifs is 2. The van der Waals surface area contributed by atoms with Gasteiger partial charge in [-0.3, -0.25) is 9.97 Å². The molecule has 2 aliphatic heterocycles. The van der Waals surface area contributed by atoms with Gasteiger partial charge in [-0.1, -0.05) is 48.5 Å². The number of anilines is 6.